The van der Waals surface area contributed by atoms with Gasteiger partial charge in [0.05, 0.1) is 19.3 Å². The van der Waals surface area contributed by atoms with E-state index in [1.807, 2.05) is 13.8 Å². The van der Waals surface area contributed by atoms with Gasteiger partial charge in [0.1, 0.15) is 0 Å². The third kappa shape index (κ3) is 3.09. The molecule has 0 bridgehead atoms. The molecule has 0 saturated carbocycles. The summed E-state index contributed by atoms with van der Waals surface area (Å²) in [6.07, 6.45) is 0. The maximum absolute atomic E-state index is 13.8. The predicted molar refractivity (Wildman–Crippen MR) is 60.2 cm³/mol. The van der Waals surface area contributed by atoms with Crippen LogP contribution in [0.3, 0.4) is 0 Å². The Hall–Kier alpha value is -1.78. The maximum Gasteiger partial charge on any atom is 0.338 e. The molecule has 5 heteroatoms. The Labute approximate surface area is 99.0 Å². The largest absolute Gasteiger partial charge is 0.493 e. The monoisotopic (exact) mass is 242 g/mol. The van der Waals surface area contributed by atoms with Crippen LogP contribution in [0, 0.1) is 11.7 Å². The Bertz CT molecular complexity index is 415. The molecule has 1 aromatic carbocycles. The number of rotatable bonds is 5. The Morgan fingerprint density at radius 3 is 2.59 bits per heavy atom. The normalized spacial score (nSPS) is 10.4. The molecule has 0 atom stereocenters. The van der Waals surface area contributed by atoms with Crippen molar-refractivity contribution >= 4 is 5.97 Å². The Morgan fingerprint density at radius 1 is 1.47 bits per heavy atom. The van der Waals surface area contributed by atoms with Crippen LogP contribution in [0.25, 0.3) is 0 Å². The van der Waals surface area contributed by atoms with Crippen LogP contribution in [0.15, 0.2) is 12.1 Å². The standard InChI is InChI=1S/C12H15FO4/c1-7(2)6-17-11-9(16-3)5-4-8(10(11)13)12(14)15/h4-5,7H,6H2,1-3H3,(H,14,15). The van der Waals surface area contributed by atoms with Gasteiger partial charge in [0.15, 0.2) is 17.3 Å². The molecular formula is C12H15FO4. The molecule has 0 spiro atoms. The van der Waals surface area contributed by atoms with Crippen LogP contribution in [0.5, 0.6) is 11.5 Å². The third-order valence-electron chi connectivity index (χ3n) is 2.07. The first-order valence-corrected chi connectivity index (χ1v) is 5.20. The summed E-state index contributed by atoms with van der Waals surface area (Å²) in [7, 11) is 1.37. The summed E-state index contributed by atoms with van der Waals surface area (Å²) in [6.45, 7) is 4.10. The van der Waals surface area contributed by atoms with Gasteiger partial charge in [-0.05, 0) is 18.1 Å². The second kappa shape index (κ2) is 5.52. The average molecular weight is 242 g/mol. The van der Waals surface area contributed by atoms with Gasteiger partial charge < -0.3 is 14.6 Å². The van der Waals surface area contributed by atoms with E-state index in [4.69, 9.17) is 14.6 Å². The van der Waals surface area contributed by atoms with Crippen molar-refractivity contribution < 1.29 is 23.8 Å². The number of methoxy groups -OCH3 is 1. The summed E-state index contributed by atoms with van der Waals surface area (Å²) in [4.78, 5) is 10.8. The van der Waals surface area contributed by atoms with Crippen molar-refractivity contribution in [3.05, 3.63) is 23.5 Å². The minimum absolute atomic E-state index is 0.152. The molecule has 1 N–H and O–H groups in total. The van der Waals surface area contributed by atoms with Gasteiger partial charge in [0, 0.05) is 0 Å². The highest BCUT2D eigenvalue weighted by Gasteiger charge is 2.19. The van der Waals surface area contributed by atoms with Crippen LogP contribution in [0.4, 0.5) is 4.39 Å². The Morgan fingerprint density at radius 2 is 2.12 bits per heavy atom. The number of hydrogen-bond acceptors (Lipinski definition) is 3. The number of carboxylic acid groups (broad SMARTS) is 1. The Kier molecular flexibility index (Phi) is 4.31. The molecule has 0 saturated heterocycles. The number of hydrogen-bond donors (Lipinski definition) is 1. The fourth-order valence-electron chi connectivity index (χ4n) is 1.25. The third-order valence-corrected chi connectivity index (χ3v) is 2.07. The molecule has 0 unspecified atom stereocenters. The highest BCUT2D eigenvalue weighted by molar-refractivity contribution is 5.88. The molecule has 4 nitrogen and oxygen atoms in total. The van der Waals surface area contributed by atoms with E-state index in [1.165, 1.54) is 13.2 Å². The first-order valence-electron chi connectivity index (χ1n) is 5.20. The van der Waals surface area contributed by atoms with Gasteiger partial charge in [-0.15, -0.1) is 0 Å². The first kappa shape index (κ1) is 13.3. The van der Waals surface area contributed by atoms with Gasteiger partial charge in [0.25, 0.3) is 0 Å². The second-order valence-electron chi connectivity index (χ2n) is 3.97. The lowest BCUT2D eigenvalue weighted by molar-refractivity contribution is 0.0690. The number of ether oxygens (including phenoxy) is 2. The average Bonchev–Trinajstić information content (AvgIpc) is 2.26. The van der Waals surface area contributed by atoms with Gasteiger partial charge in [0.2, 0.25) is 0 Å². The van der Waals surface area contributed by atoms with Crippen molar-refractivity contribution in [3.63, 3.8) is 0 Å². The van der Waals surface area contributed by atoms with Crippen molar-refractivity contribution in [1.82, 2.24) is 0 Å². The van der Waals surface area contributed by atoms with Gasteiger partial charge in [-0.2, -0.15) is 0 Å². The molecule has 17 heavy (non-hydrogen) atoms. The lowest BCUT2D eigenvalue weighted by Crippen LogP contribution is -2.09. The van der Waals surface area contributed by atoms with Crippen molar-refractivity contribution in [2.75, 3.05) is 13.7 Å². The summed E-state index contributed by atoms with van der Waals surface area (Å²) >= 11 is 0. The fraction of sp³-hybridized carbons (Fsp3) is 0.417. The van der Waals surface area contributed by atoms with Crippen molar-refractivity contribution in [3.8, 4) is 11.5 Å². The molecule has 0 amide bonds. The van der Waals surface area contributed by atoms with Gasteiger partial charge in [-0.1, -0.05) is 13.8 Å². The fourth-order valence-corrected chi connectivity index (χ4v) is 1.25. The maximum atomic E-state index is 13.8. The van der Waals surface area contributed by atoms with Crippen LogP contribution in [-0.2, 0) is 0 Å². The summed E-state index contributed by atoms with van der Waals surface area (Å²) < 4.78 is 24.0. The van der Waals surface area contributed by atoms with Crippen molar-refractivity contribution in [2.24, 2.45) is 5.92 Å². The van der Waals surface area contributed by atoms with E-state index in [9.17, 15) is 9.18 Å². The molecule has 0 heterocycles. The van der Waals surface area contributed by atoms with Crippen LogP contribution in [-0.4, -0.2) is 24.8 Å². The van der Waals surface area contributed by atoms with Crippen LogP contribution >= 0.6 is 0 Å². The molecule has 1 rings (SSSR count). The van der Waals surface area contributed by atoms with Crippen LogP contribution in [0.1, 0.15) is 24.2 Å². The molecular weight excluding hydrogens is 227 g/mol. The minimum atomic E-state index is -1.33. The molecule has 1 aromatic rings. The number of carboxylic acids is 1. The zero-order chi connectivity index (χ0) is 13.0. The van der Waals surface area contributed by atoms with Crippen LogP contribution in [0.2, 0.25) is 0 Å². The molecule has 0 radical (unpaired) electrons. The molecule has 0 aromatic heterocycles. The second-order valence-corrected chi connectivity index (χ2v) is 3.97. The first-order chi connectivity index (χ1) is 7.97. The van der Waals surface area contributed by atoms with Gasteiger partial charge >= 0.3 is 5.97 Å². The van der Waals surface area contributed by atoms with Crippen molar-refractivity contribution in [1.29, 1.82) is 0 Å². The number of benzene rings is 1. The molecule has 0 aliphatic heterocycles. The van der Waals surface area contributed by atoms with E-state index in [-0.39, 0.29) is 24.0 Å². The summed E-state index contributed by atoms with van der Waals surface area (Å²) in [6, 6.07) is 2.53. The molecule has 0 aliphatic carbocycles. The topological polar surface area (TPSA) is 55.8 Å². The van der Waals surface area contributed by atoms with E-state index in [0.717, 1.165) is 6.07 Å². The quantitative estimate of drug-likeness (QED) is 0.862. The van der Waals surface area contributed by atoms with E-state index < -0.39 is 17.3 Å². The lowest BCUT2D eigenvalue weighted by atomic mass is 10.2. The van der Waals surface area contributed by atoms with Gasteiger partial charge in [-0.25, -0.2) is 9.18 Å². The van der Waals surface area contributed by atoms with E-state index in [1.54, 1.807) is 0 Å². The number of halogens is 1. The Balaban J connectivity index is 3.13. The summed E-state index contributed by atoms with van der Waals surface area (Å²) in [5.41, 5.74) is -0.426. The smallest absolute Gasteiger partial charge is 0.338 e. The van der Waals surface area contributed by atoms with Crippen LogP contribution < -0.4 is 9.47 Å². The number of aromatic carboxylic acids is 1. The van der Waals surface area contributed by atoms with E-state index in [0.29, 0.717) is 0 Å². The summed E-state index contributed by atoms with van der Waals surface area (Å²) in [5.74, 6) is -2.00. The predicted octanol–water partition coefficient (Wildman–Crippen LogP) is 2.57. The zero-order valence-electron chi connectivity index (χ0n) is 9.99. The molecule has 0 fully saturated rings. The SMILES string of the molecule is COc1ccc(C(=O)O)c(F)c1OCC(C)C. The molecule has 94 valence electrons. The van der Waals surface area contributed by atoms with E-state index >= 15 is 0 Å². The lowest BCUT2D eigenvalue weighted by Gasteiger charge is -2.14. The highest BCUT2D eigenvalue weighted by Crippen LogP contribution is 2.32. The van der Waals surface area contributed by atoms with Gasteiger partial charge in [-0.3, -0.25) is 0 Å². The van der Waals surface area contributed by atoms with E-state index in [2.05, 4.69) is 0 Å². The number of carbonyl (C=O) groups is 1. The minimum Gasteiger partial charge on any atom is -0.493 e. The zero-order valence-corrected chi connectivity index (χ0v) is 9.99. The van der Waals surface area contributed by atoms with Crippen molar-refractivity contribution in [2.45, 2.75) is 13.8 Å². The molecule has 0 aliphatic rings. The summed E-state index contributed by atoms with van der Waals surface area (Å²) in [5, 5.41) is 8.79. The highest BCUT2D eigenvalue weighted by atomic mass is 19.1.